The summed E-state index contributed by atoms with van der Waals surface area (Å²) in [6.45, 7) is -0.624. The molecule has 5 rings (SSSR count). The molecule has 0 saturated carbocycles. The molecule has 1 aliphatic rings. The van der Waals surface area contributed by atoms with Crippen molar-refractivity contribution in [2.75, 3.05) is 20.8 Å². The van der Waals surface area contributed by atoms with Crippen LogP contribution in [0.2, 0.25) is 0 Å². The third-order valence-electron chi connectivity index (χ3n) is 7.27. The number of benzene rings is 3. The average molecular weight is 655 g/mol. The molecule has 0 radical (unpaired) electrons. The molecule has 248 valence electrons. The SMILES string of the molecule is COc1cc(C=CC(=O)OC[C@H]2O[C@@H](Oc3c(-c4ccc(O)c(OC)c4)oc4cc(O)cc(O)c4c3=O)[C@H](O)[C@@H](O)[C@H]2O)ccc1O. The van der Waals surface area contributed by atoms with Gasteiger partial charge in [0.1, 0.15) is 53.5 Å². The van der Waals surface area contributed by atoms with Gasteiger partial charge in [0.05, 0.1) is 14.2 Å². The van der Waals surface area contributed by atoms with Gasteiger partial charge in [0.2, 0.25) is 17.5 Å². The molecular weight excluding hydrogens is 624 g/mol. The molecule has 2 heterocycles. The van der Waals surface area contributed by atoms with Crippen LogP contribution in [0, 0.1) is 0 Å². The molecule has 47 heavy (non-hydrogen) atoms. The summed E-state index contributed by atoms with van der Waals surface area (Å²) in [5.74, 6) is -3.04. The quantitative estimate of drug-likeness (QED) is 0.101. The van der Waals surface area contributed by atoms with Crippen LogP contribution in [0.4, 0.5) is 0 Å². The summed E-state index contributed by atoms with van der Waals surface area (Å²) < 4.78 is 32.6. The van der Waals surface area contributed by atoms with Crippen molar-refractivity contribution in [1.82, 2.24) is 0 Å². The number of rotatable bonds is 9. The van der Waals surface area contributed by atoms with Gasteiger partial charge < -0.3 is 63.8 Å². The molecule has 0 aliphatic carbocycles. The Hall–Kier alpha value is -5.48. The van der Waals surface area contributed by atoms with Gasteiger partial charge >= 0.3 is 5.97 Å². The van der Waals surface area contributed by atoms with Crippen molar-refractivity contribution in [2.24, 2.45) is 0 Å². The first-order valence-electron chi connectivity index (χ1n) is 13.9. The fourth-order valence-electron chi connectivity index (χ4n) is 4.83. The second-order valence-corrected chi connectivity index (χ2v) is 10.3. The maximum Gasteiger partial charge on any atom is 0.330 e. The van der Waals surface area contributed by atoms with E-state index in [-0.39, 0.29) is 39.9 Å². The highest BCUT2D eigenvalue weighted by Crippen LogP contribution is 2.39. The summed E-state index contributed by atoms with van der Waals surface area (Å²) in [6, 6.07) is 10.2. The Morgan fingerprint density at radius 3 is 2.23 bits per heavy atom. The van der Waals surface area contributed by atoms with E-state index in [0.717, 1.165) is 18.2 Å². The van der Waals surface area contributed by atoms with Crippen LogP contribution in [-0.2, 0) is 14.3 Å². The van der Waals surface area contributed by atoms with E-state index in [0.29, 0.717) is 5.56 Å². The molecule has 1 aliphatic heterocycles. The van der Waals surface area contributed by atoms with Crippen LogP contribution in [0.15, 0.2) is 63.8 Å². The van der Waals surface area contributed by atoms with Crippen LogP contribution in [0.25, 0.3) is 28.4 Å². The van der Waals surface area contributed by atoms with Crippen LogP contribution >= 0.6 is 0 Å². The summed E-state index contributed by atoms with van der Waals surface area (Å²) in [4.78, 5) is 26.1. The normalized spacial score (nSPS) is 21.1. The molecule has 0 spiro atoms. The zero-order chi connectivity index (χ0) is 34.0. The Kier molecular flexibility index (Phi) is 9.44. The number of carbonyl (C=O) groups excluding carboxylic acids is 1. The monoisotopic (exact) mass is 654 g/mol. The van der Waals surface area contributed by atoms with E-state index >= 15 is 0 Å². The zero-order valence-corrected chi connectivity index (χ0v) is 24.8. The fraction of sp³-hybridized carbons (Fsp3) is 0.250. The van der Waals surface area contributed by atoms with E-state index in [1.807, 2.05) is 0 Å². The number of aromatic hydroxyl groups is 4. The van der Waals surface area contributed by atoms with E-state index in [9.17, 15) is 45.3 Å². The van der Waals surface area contributed by atoms with Crippen LogP contribution in [0.3, 0.4) is 0 Å². The van der Waals surface area contributed by atoms with Crippen molar-refractivity contribution in [3.63, 3.8) is 0 Å². The lowest BCUT2D eigenvalue weighted by atomic mass is 9.99. The molecule has 1 saturated heterocycles. The number of fused-ring (bicyclic) bond motifs is 1. The molecule has 0 amide bonds. The third-order valence-corrected chi connectivity index (χ3v) is 7.27. The first-order valence-corrected chi connectivity index (χ1v) is 13.9. The lowest BCUT2D eigenvalue weighted by molar-refractivity contribution is -0.278. The number of hydrogen-bond acceptors (Lipinski definition) is 15. The topological polar surface area (TPSA) is 235 Å². The zero-order valence-electron chi connectivity index (χ0n) is 24.8. The van der Waals surface area contributed by atoms with Gasteiger partial charge in [-0.15, -0.1) is 0 Å². The van der Waals surface area contributed by atoms with E-state index in [2.05, 4.69) is 0 Å². The predicted molar refractivity (Wildman–Crippen MR) is 161 cm³/mol. The molecular formula is C32H30O15. The van der Waals surface area contributed by atoms with Crippen LogP contribution < -0.4 is 19.6 Å². The molecule has 1 aromatic heterocycles. The summed E-state index contributed by atoms with van der Waals surface area (Å²) >= 11 is 0. The molecule has 15 nitrogen and oxygen atoms in total. The van der Waals surface area contributed by atoms with Gasteiger partial charge in [-0.05, 0) is 42.0 Å². The second-order valence-electron chi connectivity index (χ2n) is 10.3. The van der Waals surface area contributed by atoms with E-state index in [1.54, 1.807) is 0 Å². The van der Waals surface area contributed by atoms with Crippen LogP contribution in [0.5, 0.6) is 40.2 Å². The largest absolute Gasteiger partial charge is 0.508 e. The Bertz CT molecular complexity index is 1880. The number of carbonyl (C=O) groups is 1. The van der Waals surface area contributed by atoms with E-state index in [4.69, 9.17) is 28.1 Å². The van der Waals surface area contributed by atoms with E-state index in [1.165, 1.54) is 56.7 Å². The van der Waals surface area contributed by atoms with Gasteiger partial charge in [-0.2, -0.15) is 0 Å². The highest BCUT2D eigenvalue weighted by molar-refractivity contribution is 5.88. The van der Waals surface area contributed by atoms with Crippen molar-refractivity contribution in [2.45, 2.75) is 30.7 Å². The van der Waals surface area contributed by atoms with Crippen molar-refractivity contribution in [3.8, 4) is 51.6 Å². The number of methoxy groups -OCH3 is 2. The van der Waals surface area contributed by atoms with Gasteiger partial charge in [0, 0.05) is 23.8 Å². The van der Waals surface area contributed by atoms with Crippen molar-refractivity contribution in [3.05, 3.63) is 70.4 Å². The van der Waals surface area contributed by atoms with Gasteiger partial charge in [0.25, 0.3) is 0 Å². The van der Waals surface area contributed by atoms with Crippen LogP contribution in [-0.4, -0.2) is 93.2 Å². The third kappa shape index (κ3) is 6.73. The number of phenolic OH excluding ortho intramolecular Hbond substituents is 4. The minimum Gasteiger partial charge on any atom is -0.508 e. The van der Waals surface area contributed by atoms with Gasteiger partial charge in [0.15, 0.2) is 28.8 Å². The number of phenols is 4. The molecule has 4 aromatic rings. The summed E-state index contributed by atoms with van der Waals surface area (Å²) in [5.41, 5.74) is -0.604. The number of ether oxygens (including phenoxy) is 5. The lowest BCUT2D eigenvalue weighted by Crippen LogP contribution is -2.60. The lowest BCUT2D eigenvalue weighted by Gasteiger charge is -2.39. The molecule has 7 N–H and O–H groups in total. The second kappa shape index (κ2) is 13.5. The van der Waals surface area contributed by atoms with Gasteiger partial charge in [-0.3, -0.25) is 4.79 Å². The molecule has 0 unspecified atom stereocenters. The smallest absolute Gasteiger partial charge is 0.330 e. The van der Waals surface area contributed by atoms with Crippen molar-refractivity contribution >= 4 is 23.0 Å². The van der Waals surface area contributed by atoms with Crippen molar-refractivity contribution in [1.29, 1.82) is 0 Å². The van der Waals surface area contributed by atoms with E-state index < -0.39 is 71.3 Å². The minimum atomic E-state index is -1.94. The molecule has 3 aromatic carbocycles. The van der Waals surface area contributed by atoms with Crippen molar-refractivity contribution < 1.29 is 68.6 Å². The number of hydrogen-bond donors (Lipinski definition) is 7. The van der Waals surface area contributed by atoms with Gasteiger partial charge in [-0.1, -0.05) is 6.07 Å². The predicted octanol–water partition coefficient (Wildman–Crippen LogP) is 1.74. The number of aliphatic hydroxyl groups excluding tert-OH is 3. The highest BCUT2D eigenvalue weighted by Gasteiger charge is 2.46. The Balaban J connectivity index is 1.43. The molecule has 15 heteroatoms. The maximum absolute atomic E-state index is 13.7. The maximum atomic E-state index is 13.7. The average Bonchev–Trinajstić information content (AvgIpc) is 3.04. The first-order chi connectivity index (χ1) is 22.4. The Morgan fingerprint density at radius 2 is 1.53 bits per heavy atom. The van der Waals surface area contributed by atoms with Gasteiger partial charge in [-0.25, -0.2) is 4.79 Å². The summed E-state index contributed by atoms with van der Waals surface area (Å²) in [5, 5.41) is 71.7. The summed E-state index contributed by atoms with van der Waals surface area (Å²) in [7, 11) is 2.65. The summed E-state index contributed by atoms with van der Waals surface area (Å²) in [6.07, 6.45) is -6.47. The van der Waals surface area contributed by atoms with Crippen LogP contribution in [0.1, 0.15) is 5.56 Å². The molecule has 0 bridgehead atoms. The molecule has 1 fully saturated rings. The Morgan fingerprint density at radius 1 is 0.851 bits per heavy atom. The number of aliphatic hydroxyl groups is 3. The minimum absolute atomic E-state index is 0.0112. The molecule has 5 atom stereocenters. The number of esters is 1. The first kappa shape index (κ1) is 32.9. The Labute approximate surface area is 265 Å². The highest BCUT2D eigenvalue weighted by atomic mass is 16.7. The fourth-order valence-corrected chi connectivity index (χ4v) is 4.83. The standard InChI is InChI=1S/C32H30O15/c1-42-20-9-14(3-6-17(20)34)4-8-24(37)44-13-23-26(38)28(40)29(41)32(46-23)47-31-27(39)25-19(36)11-16(33)12-22(25)45-30(31)15-5-7-18(35)21(10-15)43-2/h3-12,23,26,28-29,32-36,38,40-41H,13H2,1-2H3/t23-,26+,28+,29-,32+/m1/s1.